The average Bonchev–Trinajstić information content (AvgIpc) is 2.43. The number of benzene rings is 2. The van der Waals surface area contributed by atoms with E-state index in [0.717, 1.165) is 16.8 Å². The number of anilines is 1. The van der Waals surface area contributed by atoms with Gasteiger partial charge in [0.05, 0.1) is 0 Å². The maximum absolute atomic E-state index is 6.31. The van der Waals surface area contributed by atoms with Crippen LogP contribution in [0, 0.1) is 6.92 Å². The zero-order valence-electron chi connectivity index (χ0n) is 12.1. The normalized spacial score (nSPS) is 15.6. The fourth-order valence-electron chi connectivity index (χ4n) is 2.75. The number of nitrogens with two attached hydrogens (primary N) is 3. The summed E-state index contributed by atoms with van der Waals surface area (Å²) in [7, 11) is 0. The molecule has 0 saturated carbocycles. The average molecular weight is 269 g/mol. The van der Waals surface area contributed by atoms with Gasteiger partial charge >= 0.3 is 0 Å². The molecule has 0 aliphatic rings. The lowest BCUT2D eigenvalue weighted by molar-refractivity contribution is 0.439. The first-order chi connectivity index (χ1) is 9.50. The van der Waals surface area contributed by atoms with Crippen LogP contribution < -0.4 is 17.2 Å². The Bertz CT molecular complexity index is 510. The maximum Gasteiger partial charge on any atom is 0.0472 e. The summed E-state index contributed by atoms with van der Waals surface area (Å²) >= 11 is 0. The lowest BCUT2D eigenvalue weighted by Crippen LogP contribution is -2.49. The first kappa shape index (κ1) is 14.6. The van der Waals surface area contributed by atoms with Crippen molar-refractivity contribution in [3.8, 4) is 0 Å². The summed E-state index contributed by atoms with van der Waals surface area (Å²) in [6, 6.07) is 16.2. The van der Waals surface area contributed by atoms with Gasteiger partial charge in [-0.05, 0) is 37.1 Å². The summed E-state index contributed by atoms with van der Waals surface area (Å²) in [6.07, 6.45) is 0. The van der Waals surface area contributed by atoms with E-state index in [2.05, 4.69) is 31.2 Å². The van der Waals surface area contributed by atoms with Crippen LogP contribution in [0.1, 0.15) is 23.6 Å². The number of rotatable bonds is 4. The van der Waals surface area contributed by atoms with Crippen LogP contribution in [0.2, 0.25) is 0 Å². The van der Waals surface area contributed by atoms with E-state index in [1.807, 2.05) is 31.2 Å². The second-order valence-corrected chi connectivity index (χ2v) is 5.45. The zero-order chi connectivity index (χ0) is 14.8. The molecule has 20 heavy (non-hydrogen) atoms. The molecule has 6 N–H and O–H groups in total. The van der Waals surface area contributed by atoms with E-state index >= 15 is 0 Å². The first-order valence-electron chi connectivity index (χ1n) is 6.89. The fourth-order valence-corrected chi connectivity index (χ4v) is 2.75. The van der Waals surface area contributed by atoms with Crippen molar-refractivity contribution in [2.45, 2.75) is 25.3 Å². The van der Waals surface area contributed by atoms with E-state index in [9.17, 15) is 0 Å². The SMILES string of the molecule is Cc1ccc(C(CN)(c2ccc(N)cc2)C(C)N)cc1. The molecule has 106 valence electrons. The van der Waals surface area contributed by atoms with Crippen LogP contribution in [0.5, 0.6) is 0 Å². The molecule has 0 radical (unpaired) electrons. The topological polar surface area (TPSA) is 78.1 Å². The van der Waals surface area contributed by atoms with Gasteiger partial charge < -0.3 is 17.2 Å². The van der Waals surface area contributed by atoms with Crippen molar-refractivity contribution in [2.75, 3.05) is 12.3 Å². The van der Waals surface area contributed by atoms with Crippen LogP contribution in [0.4, 0.5) is 5.69 Å². The van der Waals surface area contributed by atoms with Crippen LogP contribution >= 0.6 is 0 Å². The second kappa shape index (κ2) is 5.65. The second-order valence-electron chi connectivity index (χ2n) is 5.45. The van der Waals surface area contributed by atoms with Crippen molar-refractivity contribution in [1.82, 2.24) is 0 Å². The Morgan fingerprint density at radius 3 is 1.80 bits per heavy atom. The van der Waals surface area contributed by atoms with Gasteiger partial charge in [-0.1, -0.05) is 42.0 Å². The molecule has 0 aromatic heterocycles. The Labute approximate surface area is 120 Å². The van der Waals surface area contributed by atoms with E-state index in [0.29, 0.717) is 6.54 Å². The van der Waals surface area contributed by atoms with Gasteiger partial charge in [0, 0.05) is 23.7 Å². The molecule has 0 aliphatic heterocycles. The number of nitrogen functional groups attached to an aromatic ring is 1. The van der Waals surface area contributed by atoms with E-state index in [4.69, 9.17) is 17.2 Å². The lowest BCUT2D eigenvalue weighted by atomic mass is 9.69. The Morgan fingerprint density at radius 2 is 1.40 bits per heavy atom. The molecule has 2 rings (SSSR count). The maximum atomic E-state index is 6.31. The molecule has 2 aromatic carbocycles. The summed E-state index contributed by atoms with van der Waals surface area (Å²) in [5.74, 6) is 0. The molecule has 2 aromatic rings. The van der Waals surface area contributed by atoms with Crippen molar-refractivity contribution in [1.29, 1.82) is 0 Å². The molecule has 0 fully saturated rings. The Morgan fingerprint density at radius 1 is 0.950 bits per heavy atom. The van der Waals surface area contributed by atoms with E-state index in [1.165, 1.54) is 5.56 Å². The van der Waals surface area contributed by atoms with Gasteiger partial charge in [0.25, 0.3) is 0 Å². The predicted octanol–water partition coefficient (Wildman–Crippen LogP) is 2.17. The van der Waals surface area contributed by atoms with Crippen LogP contribution in [0.25, 0.3) is 0 Å². The van der Waals surface area contributed by atoms with Crippen LogP contribution in [-0.4, -0.2) is 12.6 Å². The Balaban J connectivity index is 2.61. The zero-order valence-corrected chi connectivity index (χ0v) is 12.1. The van der Waals surface area contributed by atoms with Crippen LogP contribution in [-0.2, 0) is 5.41 Å². The third kappa shape index (κ3) is 2.42. The molecule has 0 bridgehead atoms. The standard InChI is InChI=1S/C17H23N3/c1-12-3-5-14(6-4-12)17(11-18,13(2)19)15-7-9-16(20)10-8-15/h3-10,13H,11,18-20H2,1-2H3. The summed E-state index contributed by atoms with van der Waals surface area (Å²) in [6.45, 7) is 4.53. The fraction of sp³-hybridized carbons (Fsp3) is 0.294. The van der Waals surface area contributed by atoms with Crippen molar-refractivity contribution >= 4 is 5.69 Å². The molecule has 0 amide bonds. The first-order valence-corrected chi connectivity index (χ1v) is 6.89. The molecular formula is C17H23N3. The molecule has 2 unspecified atom stereocenters. The molecule has 3 nitrogen and oxygen atoms in total. The third-order valence-electron chi connectivity index (χ3n) is 4.09. The molecule has 0 aliphatic carbocycles. The van der Waals surface area contributed by atoms with Crippen molar-refractivity contribution in [3.05, 3.63) is 65.2 Å². The quantitative estimate of drug-likeness (QED) is 0.744. The minimum atomic E-state index is -0.387. The smallest absolute Gasteiger partial charge is 0.0472 e. The highest BCUT2D eigenvalue weighted by Crippen LogP contribution is 2.34. The van der Waals surface area contributed by atoms with Gasteiger partial charge in [-0.3, -0.25) is 0 Å². The minimum absolute atomic E-state index is 0.0983. The van der Waals surface area contributed by atoms with E-state index < -0.39 is 0 Å². The minimum Gasteiger partial charge on any atom is -0.399 e. The van der Waals surface area contributed by atoms with Gasteiger partial charge in [-0.2, -0.15) is 0 Å². The Hall–Kier alpha value is -1.84. The summed E-state index contributed by atoms with van der Waals surface area (Å²) < 4.78 is 0. The summed E-state index contributed by atoms with van der Waals surface area (Å²) in [5, 5.41) is 0. The monoisotopic (exact) mass is 269 g/mol. The molecule has 0 heterocycles. The molecule has 0 spiro atoms. The number of hydrogen-bond acceptors (Lipinski definition) is 3. The molecule has 2 atom stereocenters. The van der Waals surface area contributed by atoms with Gasteiger partial charge in [0.2, 0.25) is 0 Å². The number of aryl methyl sites for hydroxylation is 1. The third-order valence-corrected chi connectivity index (χ3v) is 4.09. The summed E-state index contributed by atoms with van der Waals surface area (Å²) in [4.78, 5) is 0. The van der Waals surface area contributed by atoms with Crippen molar-refractivity contribution < 1.29 is 0 Å². The van der Waals surface area contributed by atoms with E-state index in [-0.39, 0.29) is 11.5 Å². The van der Waals surface area contributed by atoms with Crippen molar-refractivity contribution in [2.24, 2.45) is 11.5 Å². The van der Waals surface area contributed by atoms with Gasteiger partial charge in [-0.15, -0.1) is 0 Å². The molecule has 3 heteroatoms. The van der Waals surface area contributed by atoms with Gasteiger partial charge in [0.1, 0.15) is 0 Å². The predicted molar refractivity (Wildman–Crippen MR) is 85.5 cm³/mol. The van der Waals surface area contributed by atoms with Gasteiger partial charge in [-0.25, -0.2) is 0 Å². The van der Waals surface area contributed by atoms with Crippen LogP contribution in [0.15, 0.2) is 48.5 Å². The van der Waals surface area contributed by atoms with Crippen LogP contribution in [0.3, 0.4) is 0 Å². The van der Waals surface area contributed by atoms with E-state index in [1.54, 1.807) is 0 Å². The largest absolute Gasteiger partial charge is 0.399 e. The molecule has 0 saturated heterocycles. The number of hydrogen-bond donors (Lipinski definition) is 3. The molecular weight excluding hydrogens is 246 g/mol. The highest BCUT2D eigenvalue weighted by atomic mass is 14.7. The Kier molecular flexibility index (Phi) is 4.12. The highest BCUT2D eigenvalue weighted by molar-refractivity contribution is 5.47. The van der Waals surface area contributed by atoms with Gasteiger partial charge in [0.15, 0.2) is 0 Å². The summed E-state index contributed by atoms with van der Waals surface area (Å²) in [5.41, 5.74) is 22.1. The van der Waals surface area contributed by atoms with Crippen molar-refractivity contribution in [3.63, 3.8) is 0 Å². The lowest BCUT2D eigenvalue weighted by Gasteiger charge is -2.37. The highest BCUT2D eigenvalue weighted by Gasteiger charge is 2.36.